The van der Waals surface area contributed by atoms with E-state index in [-0.39, 0.29) is 16.7 Å². The molecule has 1 unspecified atom stereocenters. The highest BCUT2D eigenvalue weighted by Crippen LogP contribution is 2.35. The average molecular weight is 250 g/mol. The average Bonchev–Trinajstić information content (AvgIpc) is 2.12. The first-order chi connectivity index (χ1) is 7.92. The Morgan fingerprint density at radius 2 is 1.61 bits per heavy atom. The molecule has 1 atom stereocenters. The van der Waals surface area contributed by atoms with Gasteiger partial charge in [0.1, 0.15) is 5.60 Å². The van der Waals surface area contributed by atoms with Gasteiger partial charge in [-0.1, -0.05) is 45.6 Å². The van der Waals surface area contributed by atoms with Gasteiger partial charge in [-0.15, -0.1) is 6.58 Å². The molecule has 0 saturated carbocycles. The summed E-state index contributed by atoms with van der Waals surface area (Å²) in [5.41, 5.74) is -0.974. The van der Waals surface area contributed by atoms with E-state index >= 15 is 0 Å². The van der Waals surface area contributed by atoms with Crippen LogP contribution in [0.15, 0.2) is 12.7 Å². The molecule has 0 heterocycles. The van der Waals surface area contributed by atoms with Crippen LogP contribution in [0.5, 0.6) is 0 Å². The fourth-order valence-electron chi connectivity index (χ4n) is 1.88. The van der Waals surface area contributed by atoms with Crippen molar-refractivity contribution in [2.75, 3.05) is 0 Å². The van der Waals surface area contributed by atoms with Crippen LogP contribution < -0.4 is 0 Å². The number of hydrogen-bond donors (Lipinski definition) is 1. The molecule has 0 amide bonds. The van der Waals surface area contributed by atoms with Gasteiger partial charge in [-0.05, 0) is 44.9 Å². The summed E-state index contributed by atoms with van der Waals surface area (Å²) >= 11 is 0. The summed E-state index contributed by atoms with van der Waals surface area (Å²) in [6, 6.07) is 0. The quantitative estimate of drug-likeness (QED) is 0.566. The van der Waals surface area contributed by atoms with Crippen LogP contribution in [0.4, 0.5) is 0 Å². The highest BCUT2D eigenvalue weighted by Gasteiger charge is 2.35. The monoisotopic (exact) mass is 250 g/mol. The summed E-state index contributed by atoms with van der Waals surface area (Å²) in [4.78, 5) is 0. The Bertz CT molecular complexity index is 333. The second-order valence-electron chi connectivity index (χ2n) is 7.41. The van der Waals surface area contributed by atoms with Crippen molar-refractivity contribution in [3.8, 4) is 11.8 Å². The minimum Gasteiger partial charge on any atom is -0.377 e. The maximum Gasteiger partial charge on any atom is 0.128 e. The van der Waals surface area contributed by atoms with Crippen molar-refractivity contribution in [1.82, 2.24) is 0 Å². The fourth-order valence-corrected chi connectivity index (χ4v) is 1.88. The van der Waals surface area contributed by atoms with Crippen molar-refractivity contribution in [2.45, 2.75) is 66.9 Å². The summed E-state index contributed by atoms with van der Waals surface area (Å²) in [6.07, 6.45) is 3.48. The molecule has 0 radical (unpaired) electrons. The standard InChI is InChI=1S/C17H30O/c1-9-10-16(7,8)13-17(18,14(2)3)12-11-15(4,5)6/h9,14,18H,1,10,13H2,2-8H3. The lowest BCUT2D eigenvalue weighted by molar-refractivity contribution is 0.0109. The SMILES string of the molecule is C=CCC(C)(C)CC(O)(C#CC(C)(C)C)C(C)C. The van der Waals surface area contributed by atoms with Gasteiger partial charge >= 0.3 is 0 Å². The van der Waals surface area contributed by atoms with Crippen LogP contribution in [0.3, 0.4) is 0 Å². The molecular weight excluding hydrogens is 220 g/mol. The van der Waals surface area contributed by atoms with Crippen molar-refractivity contribution in [1.29, 1.82) is 0 Å². The first kappa shape index (κ1) is 17.3. The maximum absolute atomic E-state index is 10.8. The first-order valence-corrected chi connectivity index (χ1v) is 6.79. The molecule has 18 heavy (non-hydrogen) atoms. The van der Waals surface area contributed by atoms with E-state index in [1.54, 1.807) is 0 Å². The zero-order chi connectivity index (χ0) is 14.6. The van der Waals surface area contributed by atoms with Gasteiger partial charge in [-0.25, -0.2) is 0 Å². The summed E-state index contributed by atoms with van der Waals surface area (Å²) in [5.74, 6) is 6.43. The Morgan fingerprint density at radius 1 is 1.11 bits per heavy atom. The van der Waals surface area contributed by atoms with Crippen LogP contribution in [0, 0.1) is 28.6 Å². The van der Waals surface area contributed by atoms with Crippen molar-refractivity contribution >= 4 is 0 Å². The summed E-state index contributed by atoms with van der Waals surface area (Å²) in [7, 11) is 0. The molecule has 0 aliphatic carbocycles. The minimum absolute atomic E-state index is 0.0212. The van der Waals surface area contributed by atoms with Crippen LogP contribution >= 0.6 is 0 Å². The number of aliphatic hydroxyl groups is 1. The van der Waals surface area contributed by atoms with Gasteiger partial charge in [0.25, 0.3) is 0 Å². The van der Waals surface area contributed by atoms with Gasteiger partial charge in [0, 0.05) is 5.41 Å². The van der Waals surface area contributed by atoms with E-state index in [4.69, 9.17) is 0 Å². The molecule has 0 fully saturated rings. The summed E-state index contributed by atoms with van der Waals surface area (Å²) < 4.78 is 0. The van der Waals surface area contributed by atoms with Gasteiger partial charge in [0.05, 0.1) is 0 Å². The fraction of sp³-hybridized carbons (Fsp3) is 0.765. The Morgan fingerprint density at radius 3 is 1.94 bits per heavy atom. The molecule has 0 spiro atoms. The van der Waals surface area contributed by atoms with Gasteiger partial charge < -0.3 is 5.11 Å². The third kappa shape index (κ3) is 6.26. The minimum atomic E-state index is -0.917. The summed E-state index contributed by atoms with van der Waals surface area (Å²) in [6.45, 7) is 18.3. The van der Waals surface area contributed by atoms with E-state index in [0.717, 1.165) is 6.42 Å². The lowest BCUT2D eigenvalue weighted by atomic mass is 9.73. The van der Waals surface area contributed by atoms with E-state index in [2.05, 4.69) is 53.0 Å². The normalized spacial score (nSPS) is 15.8. The maximum atomic E-state index is 10.8. The Labute approximate surface area is 114 Å². The smallest absolute Gasteiger partial charge is 0.128 e. The molecule has 0 aliphatic heterocycles. The van der Waals surface area contributed by atoms with Gasteiger partial charge in [0.2, 0.25) is 0 Å². The lowest BCUT2D eigenvalue weighted by Gasteiger charge is -2.35. The van der Waals surface area contributed by atoms with Gasteiger partial charge in [0.15, 0.2) is 0 Å². The van der Waals surface area contributed by atoms with Crippen molar-refractivity contribution < 1.29 is 5.11 Å². The molecule has 1 heteroatoms. The Hall–Kier alpha value is -0.740. The second-order valence-corrected chi connectivity index (χ2v) is 7.41. The van der Waals surface area contributed by atoms with Crippen molar-refractivity contribution in [3.63, 3.8) is 0 Å². The lowest BCUT2D eigenvalue weighted by Crippen LogP contribution is -2.38. The highest BCUT2D eigenvalue weighted by molar-refractivity contribution is 5.19. The largest absolute Gasteiger partial charge is 0.377 e. The summed E-state index contributed by atoms with van der Waals surface area (Å²) in [5, 5.41) is 10.8. The first-order valence-electron chi connectivity index (χ1n) is 6.79. The molecule has 104 valence electrons. The molecule has 1 N–H and O–H groups in total. The third-order valence-electron chi connectivity index (χ3n) is 3.05. The van der Waals surface area contributed by atoms with Crippen LogP contribution in [0.2, 0.25) is 0 Å². The van der Waals surface area contributed by atoms with Crippen LogP contribution in [-0.4, -0.2) is 10.7 Å². The predicted molar refractivity (Wildman–Crippen MR) is 80.2 cm³/mol. The third-order valence-corrected chi connectivity index (χ3v) is 3.05. The van der Waals surface area contributed by atoms with E-state index in [1.165, 1.54) is 0 Å². The molecule has 0 bridgehead atoms. The Kier molecular flexibility index (Phi) is 5.69. The number of hydrogen-bond acceptors (Lipinski definition) is 1. The predicted octanol–water partition coefficient (Wildman–Crippen LogP) is 4.42. The van der Waals surface area contributed by atoms with Gasteiger partial charge in [-0.2, -0.15) is 0 Å². The molecule has 0 rings (SSSR count). The van der Waals surface area contributed by atoms with E-state index < -0.39 is 5.60 Å². The zero-order valence-corrected chi connectivity index (χ0v) is 13.2. The topological polar surface area (TPSA) is 20.2 Å². The van der Waals surface area contributed by atoms with E-state index in [9.17, 15) is 5.11 Å². The zero-order valence-electron chi connectivity index (χ0n) is 13.2. The number of allylic oxidation sites excluding steroid dienone is 1. The van der Waals surface area contributed by atoms with E-state index in [1.807, 2.05) is 19.9 Å². The van der Waals surface area contributed by atoms with Crippen LogP contribution in [0.25, 0.3) is 0 Å². The van der Waals surface area contributed by atoms with E-state index in [0.29, 0.717) is 6.42 Å². The molecule has 0 aliphatic rings. The van der Waals surface area contributed by atoms with Crippen molar-refractivity contribution in [3.05, 3.63) is 12.7 Å². The molecule has 0 aromatic carbocycles. The van der Waals surface area contributed by atoms with Crippen LogP contribution in [-0.2, 0) is 0 Å². The molecule has 1 nitrogen and oxygen atoms in total. The molecule has 0 saturated heterocycles. The molecule has 0 aromatic heterocycles. The highest BCUT2D eigenvalue weighted by atomic mass is 16.3. The second kappa shape index (κ2) is 5.93. The molecule has 0 aromatic rings. The Balaban J connectivity index is 5.16. The van der Waals surface area contributed by atoms with Gasteiger partial charge in [-0.3, -0.25) is 0 Å². The number of rotatable bonds is 5. The van der Waals surface area contributed by atoms with Crippen LogP contribution in [0.1, 0.15) is 61.3 Å². The van der Waals surface area contributed by atoms with Crippen molar-refractivity contribution in [2.24, 2.45) is 16.7 Å². The molecular formula is C17H30O.